The van der Waals surface area contributed by atoms with E-state index in [9.17, 15) is 4.79 Å². The van der Waals surface area contributed by atoms with Crippen molar-refractivity contribution in [2.75, 3.05) is 0 Å². The molecule has 0 aliphatic rings. The Hall–Kier alpha value is -0.360. The third-order valence-electron chi connectivity index (χ3n) is 0.286. The molecular formula is C4H7O2P. The van der Waals surface area contributed by atoms with Gasteiger partial charge < -0.3 is 4.52 Å². The van der Waals surface area contributed by atoms with Crippen LogP contribution in [0.5, 0.6) is 0 Å². The first-order valence-electron chi connectivity index (χ1n) is 1.81. The van der Waals surface area contributed by atoms with E-state index < -0.39 is 0 Å². The molecule has 0 rings (SSSR count). The molecule has 0 radical (unpaired) electrons. The minimum atomic E-state index is -0.252. The summed E-state index contributed by atoms with van der Waals surface area (Å²) in [4.78, 5) is 9.94. The van der Waals surface area contributed by atoms with Gasteiger partial charge in [-0.25, -0.2) is 0 Å². The van der Waals surface area contributed by atoms with Crippen LogP contribution in [-0.4, -0.2) is 5.97 Å². The lowest BCUT2D eigenvalue weighted by atomic mass is 10.9. The van der Waals surface area contributed by atoms with Crippen LogP contribution in [0.2, 0.25) is 0 Å². The van der Waals surface area contributed by atoms with Gasteiger partial charge in [0.15, 0.2) is 0 Å². The van der Waals surface area contributed by atoms with Crippen LogP contribution in [0.4, 0.5) is 0 Å². The lowest BCUT2D eigenvalue weighted by molar-refractivity contribution is -0.130. The smallest absolute Gasteiger partial charge is 0.305 e. The molecule has 0 saturated heterocycles. The van der Waals surface area contributed by atoms with Crippen LogP contribution in [0.25, 0.3) is 0 Å². The van der Waals surface area contributed by atoms with E-state index in [4.69, 9.17) is 0 Å². The Morgan fingerprint density at radius 1 is 2.00 bits per heavy atom. The molecule has 1 atom stereocenters. The molecule has 0 aliphatic heterocycles. The molecule has 0 fully saturated rings. The second-order valence-electron chi connectivity index (χ2n) is 0.916. The van der Waals surface area contributed by atoms with Crippen LogP contribution in [0, 0.1) is 0 Å². The van der Waals surface area contributed by atoms with Gasteiger partial charge in [0.2, 0.25) is 0 Å². The van der Waals surface area contributed by atoms with Crippen LogP contribution in [0.15, 0.2) is 12.4 Å². The predicted octanol–water partition coefficient (Wildman–Crippen LogP) is 1.29. The van der Waals surface area contributed by atoms with Crippen molar-refractivity contribution in [3.05, 3.63) is 12.4 Å². The van der Waals surface area contributed by atoms with E-state index in [1.54, 1.807) is 5.82 Å². The van der Waals surface area contributed by atoms with E-state index in [0.717, 1.165) is 0 Å². The van der Waals surface area contributed by atoms with Crippen LogP contribution < -0.4 is 0 Å². The molecule has 0 saturated carbocycles. The second-order valence-corrected chi connectivity index (χ2v) is 1.76. The first-order valence-corrected chi connectivity index (χ1v) is 2.79. The Morgan fingerprint density at radius 2 is 2.57 bits per heavy atom. The summed E-state index contributed by atoms with van der Waals surface area (Å²) in [6.07, 6.45) is 0. The molecule has 0 aliphatic carbocycles. The maximum atomic E-state index is 9.94. The van der Waals surface area contributed by atoms with Gasteiger partial charge in [-0.15, -0.1) is 0 Å². The van der Waals surface area contributed by atoms with E-state index in [1.165, 1.54) is 6.92 Å². The third kappa shape index (κ3) is 5.64. The summed E-state index contributed by atoms with van der Waals surface area (Å²) in [6.45, 7) is 4.74. The van der Waals surface area contributed by atoms with Crippen molar-refractivity contribution in [2.24, 2.45) is 0 Å². The number of hydrogen-bond donors (Lipinski definition) is 0. The maximum Gasteiger partial charge on any atom is 0.305 e. The zero-order chi connectivity index (χ0) is 5.70. The van der Waals surface area contributed by atoms with Gasteiger partial charge in [-0.2, -0.15) is 0 Å². The summed E-state index contributed by atoms with van der Waals surface area (Å²) in [5.74, 6) is 1.31. The predicted molar refractivity (Wildman–Crippen MR) is 30.3 cm³/mol. The summed E-state index contributed by atoms with van der Waals surface area (Å²) in [5, 5.41) is 0. The van der Waals surface area contributed by atoms with Gasteiger partial charge in [0, 0.05) is 6.92 Å². The van der Waals surface area contributed by atoms with Crippen LogP contribution in [0.1, 0.15) is 6.92 Å². The Morgan fingerprint density at radius 3 is 2.71 bits per heavy atom. The monoisotopic (exact) mass is 118 g/mol. The number of carbonyl (C=O) groups excluding carboxylic acids is 1. The highest BCUT2D eigenvalue weighted by Crippen LogP contribution is 2.10. The molecule has 0 N–H and O–H groups in total. The second kappa shape index (κ2) is 3.82. The Labute approximate surface area is 44.4 Å². The highest BCUT2D eigenvalue weighted by molar-refractivity contribution is 7.36. The minimum absolute atomic E-state index is 0.110. The zero-order valence-electron chi connectivity index (χ0n) is 4.10. The summed E-state index contributed by atoms with van der Waals surface area (Å²) in [6, 6.07) is 0. The average Bonchev–Trinajstić information content (AvgIpc) is 1.61. The number of carbonyl (C=O) groups is 1. The summed E-state index contributed by atoms with van der Waals surface area (Å²) < 4.78 is 4.46. The summed E-state index contributed by atoms with van der Waals surface area (Å²) in [7, 11) is 0.110. The first-order chi connectivity index (χ1) is 3.27. The number of hydrogen-bond acceptors (Lipinski definition) is 2. The van der Waals surface area contributed by atoms with E-state index in [1.807, 2.05) is 0 Å². The molecule has 0 heterocycles. The van der Waals surface area contributed by atoms with Crippen LogP contribution >= 0.6 is 8.81 Å². The molecule has 0 aromatic carbocycles. The largest absolute Gasteiger partial charge is 0.444 e. The summed E-state index contributed by atoms with van der Waals surface area (Å²) in [5.41, 5.74) is 0. The van der Waals surface area contributed by atoms with E-state index in [0.29, 0.717) is 0 Å². The van der Waals surface area contributed by atoms with Crippen molar-refractivity contribution in [1.29, 1.82) is 0 Å². The summed E-state index contributed by atoms with van der Waals surface area (Å²) >= 11 is 0. The fourth-order valence-corrected chi connectivity index (χ4v) is 0.374. The van der Waals surface area contributed by atoms with Gasteiger partial charge in [0.05, 0.1) is 0 Å². The molecule has 0 aromatic heterocycles. The van der Waals surface area contributed by atoms with Crippen molar-refractivity contribution >= 4 is 14.8 Å². The fourth-order valence-electron chi connectivity index (χ4n) is 0.125. The maximum absolute atomic E-state index is 9.94. The van der Waals surface area contributed by atoms with Crippen molar-refractivity contribution in [3.63, 3.8) is 0 Å². The molecule has 0 bridgehead atoms. The quantitative estimate of drug-likeness (QED) is 0.510. The molecule has 40 valence electrons. The van der Waals surface area contributed by atoms with Gasteiger partial charge in [-0.3, -0.25) is 4.79 Å². The molecule has 2 nitrogen and oxygen atoms in total. The molecule has 0 aromatic rings. The Kier molecular flexibility index (Phi) is 3.62. The highest BCUT2D eigenvalue weighted by atomic mass is 31.1. The van der Waals surface area contributed by atoms with Crippen molar-refractivity contribution < 1.29 is 9.32 Å². The third-order valence-corrected chi connectivity index (χ3v) is 0.858. The molecule has 7 heavy (non-hydrogen) atoms. The zero-order valence-corrected chi connectivity index (χ0v) is 5.10. The van der Waals surface area contributed by atoms with Crippen molar-refractivity contribution in [1.82, 2.24) is 0 Å². The fraction of sp³-hybridized carbons (Fsp3) is 0.250. The topological polar surface area (TPSA) is 26.3 Å². The lowest BCUT2D eigenvalue weighted by Gasteiger charge is -1.90. The van der Waals surface area contributed by atoms with Gasteiger partial charge in [0.25, 0.3) is 0 Å². The van der Waals surface area contributed by atoms with Crippen LogP contribution in [-0.2, 0) is 9.32 Å². The lowest BCUT2D eigenvalue weighted by Crippen LogP contribution is -1.84. The van der Waals surface area contributed by atoms with E-state index in [2.05, 4.69) is 11.1 Å². The van der Waals surface area contributed by atoms with Gasteiger partial charge in [-0.1, -0.05) is 6.58 Å². The SMILES string of the molecule is C=CPOC(C)=O. The molecule has 1 unspecified atom stereocenters. The van der Waals surface area contributed by atoms with Gasteiger partial charge >= 0.3 is 5.97 Å². The highest BCUT2D eigenvalue weighted by Gasteiger charge is 1.83. The Balaban J connectivity index is 2.97. The van der Waals surface area contributed by atoms with Gasteiger partial charge in [-0.05, 0) is 5.82 Å². The Bertz CT molecular complexity index is 79.8. The first kappa shape index (κ1) is 6.64. The van der Waals surface area contributed by atoms with E-state index in [-0.39, 0.29) is 14.8 Å². The average molecular weight is 118 g/mol. The number of rotatable bonds is 2. The minimum Gasteiger partial charge on any atom is -0.444 e. The van der Waals surface area contributed by atoms with E-state index >= 15 is 0 Å². The van der Waals surface area contributed by atoms with Crippen molar-refractivity contribution in [3.8, 4) is 0 Å². The molecule has 0 spiro atoms. The normalized spacial score (nSPS) is 9.29. The van der Waals surface area contributed by atoms with Crippen LogP contribution in [0.3, 0.4) is 0 Å². The van der Waals surface area contributed by atoms with Gasteiger partial charge in [0.1, 0.15) is 8.81 Å². The van der Waals surface area contributed by atoms with Crippen molar-refractivity contribution in [2.45, 2.75) is 6.92 Å². The molecule has 3 heteroatoms. The molecular weight excluding hydrogens is 111 g/mol. The standard InChI is InChI=1S/C4H7O2P/c1-3-7-6-4(2)5/h3,7H,1H2,2H3. The molecule has 0 amide bonds.